The molecule has 0 heterocycles. The van der Waals surface area contributed by atoms with Crippen molar-refractivity contribution in [2.24, 2.45) is 0 Å². The predicted octanol–water partition coefficient (Wildman–Crippen LogP) is -3.23. The van der Waals surface area contributed by atoms with Gasteiger partial charge in [0.2, 0.25) is 0 Å². The molecule has 0 nitrogen and oxygen atoms in total. The van der Waals surface area contributed by atoms with Crippen LogP contribution in [0.2, 0.25) is 0 Å². The summed E-state index contributed by atoms with van der Waals surface area (Å²) in [7, 11) is 0. The zero-order chi connectivity index (χ0) is 5.86. The van der Waals surface area contributed by atoms with Gasteiger partial charge < -0.3 is 2.85 Å². The molecule has 0 saturated carbocycles. The van der Waals surface area contributed by atoms with Crippen molar-refractivity contribution in [2.75, 3.05) is 0 Å². The fraction of sp³-hybridized carbons (Fsp3) is 1.00. The zero-order valence-corrected chi connectivity index (χ0v) is 12.4. The van der Waals surface area contributed by atoms with E-state index in [1.54, 1.807) is 0 Å². The Morgan fingerprint density at radius 2 is 1.11 bits per heavy atom. The molecule has 0 unspecified atom stereocenters. The van der Waals surface area contributed by atoms with E-state index in [2.05, 4.69) is 27.7 Å². The van der Waals surface area contributed by atoms with Crippen molar-refractivity contribution in [3.05, 3.63) is 0 Å². The summed E-state index contributed by atoms with van der Waals surface area (Å²) in [6, 6.07) is 0. The zero-order valence-electron chi connectivity index (χ0n) is 9.56. The Balaban J connectivity index is -0.0000000300. The predicted molar refractivity (Wildman–Crippen MR) is 40.1 cm³/mol. The van der Waals surface area contributed by atoms with E-state index in [1.165, 1.54) is 0 Å². The van der Waals surface area contributed by atoms with E-state index in [-0.39, 0.29) is 62.0 Å². The first-order valence-corrected chi connectivity index (χ1v) is 3.72. The van der Waals surface area contributed by atoms with Crippen molar-refractivity contribution in [1.82, 2.24) is 0 Å². The molecule has 0 radical (unpaired) electrons. The molecule has 0 aromatic rings. The third kappa shape index (κ3) is 17.9. The van der Waals surface area contributed by atoms with Crippen LogP contribution in [0.5, 0.6) is 0 Å². The molecule has 0 saturated heterocycles. The van der Waals surface area contributed by atoms with Crippen LogP contribution in [0.15, 0.2) is 0 Å². The smallest absolute Gasteiger partial charge is 1.00 e. The molecular formula is C6H16Na2S. The molecule has 0 spiro atoms. The third-order valence-electron chi connectivity index (χ3n) is 0.544. The van der Waals surface area contributed by atoms with Crippen LogP contribution in [0.25, 0.3) is 0 Å². The summed E-state index contributed by atoms with van der Waals surface area (Å²) in [5.41, 5.74) is 0. The second-order valence-corrected chi connectivity index (χ2v) is 4.39. The molecular weight excluding hydrogens is 150 g/mol. The van der Waals surface area contributed by atoms with Crippen LogP contribution in [-0.2, 0) is 0 Å². The van der Waals surface area contributed by atoms with Crippen LogP contribution in [-0.4, -0.2) is 10.5 Å². The molecule has 0 bridgehead atoms. The molecule has 0 aliphatic rings. The summed E-state index contributed by atoms with van der Waals surface area (Å²) in [6.45, 7) is 8.91. The summed E-state index contributed by atoms with van der Waals surface area (Å²) in [6.07, 6.45) is 0. The number of hydrogen-bond acceptors (Lipinski definition) is 1. The Morgan fingerprint density at radius 1 is 0.889 bits per heavy atom. The van der Waals surface area contributed by atoms with Gasteiger partial charge in [0.15, 0.2) is 0 Å². The molecule has 0 amide bonds. The molecule has 0 aliphatic carbocycles. The average molecular weight is 166 g/mol. The molecule has 9 heavy (non-hydrogen) atoms. The van der Waals surface area contributed by atoms with Gasteiger partial charge in [0, 0.05) is 0 Å². The Kier molecular flexibility index (Phi) is 20.1. The number of thioether (sulfide) groups is 1. The van der Waals surface area contributed by atoms with Crippen LogP contribution in [0.1, 0.15) is 30.5 Å². The van der Waals surface area contributed by atoms with Crippen molar-refractivity contribution in [3.63, 3.8) is 0 Å². The van der Waals surface area contributed by atoms with Gasteiger partial charge in [-0.15, -0.1) is 0 Å². The van der Waals surface area contributed by atoms with Gasteiger partial charge in [-0.25, -0.2) is 0 Å². The molecule has 48 valence electrons. The van der Waals surface area contributed by atoms with Gasteiger partial charge >= 0.3 is 59.1 Å². The fourth-order valence-electron chi connectivity index (χ4n) is 0.544. The normalized spacial score (nSPS) is 8.67. The van der Waals surface area contributed by atoms with Crippen molar-refractivity contribution >= 4 is 11.8 Å². The van der Waals surface area contributed by atoms with E-state index in [1.807, 2.05) is 11.8 Å². The molecule has 0 fully saturated rings. The summed E-state index contributed by atoms with van der Waals surface area (Å²) < 4.78 is 0. The van der Waals surface area contributed by atoms with E-state index in [4.69, 9.17) is 0 Å². The maximum atomic E-state index is 2.23. The van der Waals surface area contributed by atoms with Crippen LogP contribution in [0.3, 0.4) is 0 Å². The largest absolute Gasteiger partial charge is 1.00 e. The van der Waals surface area contributed by atoms with Crippen molar-refractivity contribution in [1.29, 1.82) is 0 Å². The van der Waals surface area contributed by atoms with E-state index < -0.39 is 0 Å². The van der Waals surface area contributed by atoms with Crippen molar-refractivity contribution in [2.45, 2.75) is 38.2 Å². The Hall–Kier alpha value is 2.35. The summed E-state index contributed by atoms with van der Waals surface area (Å²) in [5.74, 6) is 0. The minimum Gasteiger partial charge on any atom is -1.00 e. The monoisotopic (exact) mass is 166 g/mol. The quantitative estimate of drug-likeness (QED) is 0.389. The maximum absolute atomic E-state index is 2.23. The number of hydrogen-bond donors (Lipinski definition) is 0. The second-order valence-electron chi connectivity index (χ2n) is 2.23. The minimum atomic E-state index is 0. The SMILES string of the molecule is CC(C)SC(C)C.[H-].[H-].[Na+].[Na+]. The van der Waals surface area contributed by atoms with Gasteiger partial charge in [0.05, 0.1) is 0 Å². The standard InChI is InChI=1S/C6H14S.2Na.2H/c1-5(2)7-6(3)4;;;;/h5-6H,1-4H3;;;;/q;2*+1;2*-1. The average Bonchev–Trinajstić information content (AvgIpc) is 1.27. The van der Waals surface area contributed by atoms with Crippen molar-refractivity contribution < 1.29 is 62.0 Å². The van der Waals surface area contributed by atoms with Gasteiger partial charge in [-0.2, -0.15) is 11.8 Å². The van der Waals surface area contributed by atoms with Gasteiger partial charge in [-0.05, 0) is 10.5 Å². The molecule has 0 rings (SSSR count). The van der Waals surface area contributed by atoms with Gasteiger partial charge in [0.1, 0.15) is 0 Å². The Morgan fingerprint density at radius 3 is 1.11 bits per heavy atom. The molecule has 3 heteroatoms. The topological polar surface area (TPSA) is 0 Å². The first-order chi connectivity index (χ1) is 3.13. The molecule has 0 atom stereocenters. The van der Waals surface area contributed by atoms with Crippen molar-refractivity contribution in [3.8, 4) is 0 Å². The molecule has 0 N–H and O–H groups in total. The molecule has 0 aromatic carbocycles. The fourth-order valence-corrected chi connectivity index (χ4v) is 1.63. The van der Waals surface area contributed by atoms with Crippen LogP contribution < -0.4 is 59.1 Å². The second kappa shape index (κ2) is 10.3. The first kappa shape index (κ1) is 17.4. The molecule has 0 aromatic heterocycles. The van der Waals surface area contributed by atoms with E-state index in [0.717, 1.165) is 10.5 Å². The van der Waals surface area contributed by atoms with Crippen LogP contribution >= 0.6 is 11.8 Å². The van der Waals surface area contributed by atoms with E-state index in [0.29, 0.717) is 0 Å². The maximum Gasteiger partial charge on any atom is 1.00 e. The number of rotatable bonds is 2. The van der Waals surface area contributed by atoms with E-state index in [9.17, 15) is 0 Å². The summed E-state index contributed by atoms with van der Waals surface area (Å²) in [5, 5.41) is 1.58. The first-order valence-electron chi connectivity index (χ1n) is 2.78. The van der Waals surface area contributed by atoms with Gasteiger partial charge in [-0.3, -0.25) is 0 Å². The summed E-state index contributed by atoms with van der Waals surface area (Å²) in [4.78, 5) is 0. The third-order valence-corrected chi connectivity index (χ3v) is 1.63. The minimum absolute atomic E-state index is 0. The van der Waals surface area contributed by atoms with E-state index >= 15 is 0 Å². The van der Waals surface area contributed by atoms with Gasteiger partial charge in [-0.1, -0.05) is 27.7 Å². The van der Waals surface area contributed by atoms with Crippen LogP contribution in [0, 0.1) is 0 Å². The van der Waals surface area contributed by atoms with Crippen LogP contribution in [0.4, 0.5) is 0 Å². The Labute approximate surface area is 110 Å². The molecule has 0 aliphatic heterocycles. The Bertz CT molecular complexity index is 47.8. The summed E-state index contributed by atoms with van der Waals surface area (Å²) >= 11 is 2.01. The van der Waals surface area contributed by atoms with Gasteiger partial charge in [0.25, 0.3) is 0 Å².